The molecule has 1 rings (SSSR count). The van der Waals surface area contributed by atoms with Gasteiger partial charge in [-0.1, -0.05) is 6.92 Å². The number of ether oxygens (including phenoxy) is 2. The fourth-order valence-corrected chi connectivity index (χ4v) is 1.46. The lowest BCUT2D eigenvalue weighted by molar-refractivity contribution is 0.0532. The second kappa shape index (κ2) is 7.92. The van der Waals surface area contributed by atoms with E-state index in [4.69, 9.17) is 14.6 Å². The molecule has 102 valence electrons. The van der Waals surface area contributed by atoms with E-state index in [1.165, 1.54) is 0 Å². The molecule has 0 aliphatic heterocycles. The molecular formula is C13H21NO4. The third-order valence-electron chi connectivity index (χ3n) is 2.48. The van der Waals surface area contributed by atoms with E-state index in [9.17, 15) is 5.11 Å². The molecule has 5 nitrogen and oxygen atoms in total. The number of rotatable bonds is 8. The molecule has 0 saturated heterocycles. The first-order valence-electron chi connectivity index (χ1n) is 6.00. The number of hydrogen-bond donors (Lipinski definition) is 3. The van der Waals surface area contributed by atoms with E-state index in [1.807, 2.05) is 13.0 Å². The Morgan fingerprint density at radius 1 is 1.39 bits per heavy atom. The van der Waals surface area contributed by atoms with E-state index in [-0.39, 0.29) is 13.2 Å². The average molecular weight is 255 g/mol. The molecule has 18 heavy (non-hydrogen) atoms. The van der Waals surface area contributed by atoms with Crippen molar-refractivity contribution in [2.75, 3.05) is 26.9 Å². The molecule has 0 bridgehead atoms. The van der Waals surface area contributed by atoms with Gasteiger partial charge in [0.15, 0.2) is 0 Å². The molecule has 1 aromatic carbocycles. The lowest BCUT2D eigenvalue weighted by Crippen LogP contribution is -2.22. The minimum absolute atomic E-state index is 0.0714. The quantitative estimate of drug-likeness (QED) is 0.632. The Balaban J connectivity index is 2.74. The largest absolute Gasteiger partial charge is 0.497 e. The Kier molecular flexibility index (Phi) is 6.49. The van der Waals surface area contributed by atoms with Gasteiger partial charge in [-0.3, -0.25) is 0 Å². The highest BCUT2D eigenvalue weighted by Crippen LogP contribution is 2.24. The number of nitrogens with one attached hydrogen (secondary N) is 1. The first kappa shape index (κ1) is 14.8. The highest BCUT2D eigenvalue weighted by atomic mass is 16.5. The Morgan fingerprint density at radius 3 is 2.78 bits per heavy atom. The van der Waals surface area contributed by atoms with Crippen LogP contribution in [0.3, 0.4) is 0 Å². The lowest BCUT2D eigenvalue weighted by atomic mass is 10.2. The van der Waals surface area contributed by atoms with Crippen molar-refractivity contribution in [1.29, 1.82) is 0 Å². The molecule has 0 aliphatic rings. The van der Waals surface area contributed by atoms with Gasteiger partial charge in [0.25, 0.3) is 0 Å². The number of aliphatic hydroxyl groups excluding tert-OH is 2. The molecule has 0 amide bonds. The molecule has 0 radical (unpaired) electrons. The second-order valence-corrected chi connectivity index (χ2v) is 3.90. The fourth-order valence-electron chi connectivity index (χ4n) is 1.46. The molecule has 0 spiro atoms. The van der Waals surface area contributed by atoms with E-state index < -0.39 is 6.10 Å². The van der Waals surface area contributed by atoms with E-state index in [0.29, 0.717) is 12.3 Å². The Hall–Kier alpha value is -1.30. The Bertz CT molecular complexity index is 357. The van der Waals surface area contributed by atoms with Crippen molar-refractivity contribution in [3.63, 3.8) is 0 Å². The summed E-state index contributed by atoms with van der Waals surface area (Å²) in [6, 6.07) is 5.50. The molecule has 1 aromatic rings. The van der Waals surface area contributed by atoms with Crippen molar-refractivity contribution in [3.8, 4) is 11.5 Å². The first-order chi connectivity index (χ1) is 8.71. The summed E-state index contributed by atoms with van der Waals surface area (Å²) in [6.07, 6.45) is -0.862. The van der Waals surface area contributed by atoms with Crippen LogP contribution in [0.25, 0.3) is 0 Å². The third kappa shape index (κ3) is 4.52. The molecule has 0 aromatic heterocycles. The minimum Gasteiger partial charge on any atom is -0.497 e. The summed E-state index contributed by atoms with van der Waals surface area (Å²) < 4.78 is 10.6. The van der Waals surface area contributed by atoms with Crippen molar-refractivity contribution in [2.45, 2.75) is 19.6 Å². The maximum atomic E-state index is 9.27. The summed E-state index contributed by atoms with van der Waals surface area (Å²) in [4.78, 5) is 0. The van der Waals surface area contributed by atoms with Gasteiger partial charge in [-0.05, 0) is 24.7 Å². The summed E-state index contributed by atoms with van der Waals surface area (Å²) in [5.41, 5.74) is 0.960. The Morgan fingerprint density at radius 2 is 2.17 bits per heavy atom. The van der Waals surface area contributed by atoms with Crippen molar-refractivity contribution in [2.24, 2.45) is 0 Å². The van der Waals surface area contributed by atoms with Gasteiger partial charge in [-0.2, -0.15) is 0 Å². The highest BCUT2D eigenvalue weighted by Gasteiger charge is 2.08. The highest BCUT2D eigenvalue weighted by molar-refractivity contribution is 5.40. The average Bonchev–Trinajstić information content (AvgIpc) is 2.42. The van der Waals surface area contributed by atoms with Crippen LogP contribution in [0.2, 0.25) is 0 Å². The fraction of sp³-hybridized carbons (Fsp3) is 0.538. The number of methoxy groups -OCH3 is 1. The molecule has 5 heteroatoms. The normalized spacial score (nSPS) is 12.2. The summed E-state index contributed by atoms with van der Waals surface area (Å²) in [6.45, 7) is 3.31. The minimum atomic E-state index is -0.862. The van der Waals surface area contributed by atoms with E-state index in [0.717, 1.165) is 17.9 Å². The van der Waals surface area contributed by atoms with Crippen LogP contribution in [0.15, 0.2) is 18.2 Å². The molecule has 0 fully saturated rings. The van der Waals surface area contributed by atoms with Gasteiger partial charge in [0.1, 0.15) is 24.2 Å². The summed E-state index contributed by atoms with van der Waals surface area (Å²) >= 11 is 0. The van der Waals surface area contributed by atoms with Gasteiger partial charge in [0.2, 0.25) is 0 Å². The van der Waals surface area contributed by atoms with Crippen molar-refractivity contribution in [1.82, 2.24) is 5.32 Å². The number of aliphatic hydroxyl groups is 2. The molecule has 0 heterocycles. The van der Waals surface area contributed by atoms with Crippen LogP contribution in [0.1, 0.15) is 12.5 Å². The first-order valence-corrected chi connectivity index (χ1v) is 6.00. The molecule has 0 saturated carbocycles. The maximum absolute atomic E-state index is 9.27. The van der Waals surface area contributed by atoms with Gasteiger partial charge < -0.3 is 25.0 Å². The van der Waals surface area contributed by atoms with Crippen LogP contribution in [0.5, 0.6) is 11.5 Å². The number of benzene rings is 1. The van der Waals surface area contributed by atoms with Gasteiger partial charge in [-0.15, -0.1) is 0 Å². The van der Waals surface area contributed by atoms with Crippen LogP contribution in [-0.2, 0) is 6.54 Å². The molecule has 0 aliphatic carbocycles. The van der Waals surface area contributed by atoms with Crippen molar-refractivity contribution in [3.05, 3.63) is 23.8 Å². The molecular weight excluding hydrogens is 234 g/mol. The van der Waals surface area contributed by atoms with Gasteiger partial charge in [0.05, 0.1) is 13.7 Å². The van der Waals surface area contributed by atoms with Crippen LogP contribution >= 0.6 is 0 Å². The molecule has 1 unspecified atom stereocenters. The predicted octanol–water partition coefficient (Wildman–Crippen LogP) is 0.537. The van der Waals surface area contributed by atoms with Crippen molar-refractivity contribution < 1.29 is 19.7 Å². The zero-order chi connectivity index (χ0) is 13.4. The third-order valence-corrected chi connectivity index (χ3v) is 2.48. The zero-order valence-corrected chi connectivity index (χ0v) is 10.8. The SMILES string of the molecule is CCNCc1cc(OC)ccc1OCC(O)CO. The zero-order valence-electron chi connectivity index (χ0n) is 10.8. The van der Waals surface area contributed by atoms with Crippen LogP contribution in [0.4, 0.5) is 0 Å². The number of hydrogen-bond acceptors (Lipinski definition) is 5. The van der Waals surface area contributed by atoms with E-state index in [1.54, 1.807) is 19.2 Å². The van der Waals surface area contributed by atoms with Crippen LogP contribution < -0.4 is 14.8 Å². The summed E-state index contributed by atoms with van der Waals surface area (Å²) in [7, 11) is 1.61. The second-order valence-electron chi connectivity index (χ2n) is 3.90. The monoisotopic (exact) mass is 255 g/mol. The van der Waals surface area contributed by atoms with Gasteiger partial charge in [-0.25, -0.2) is 0 Å². The van der Waals surface area contributed by atoms with Crippen molar-refractivity contribution >= 4 is 0 Å². The van der Waals surface area contributed by atoms with Gasteiger partial charge >= 0.3 is 0 Å². The van der Waals surface area contributed by atoms with E-state index >= 15 is 0 Å². The maximum Gasteiger partial charge on any atom is 0.124 e. The molecule has 1 atom stereocenters. The summed E-state index contributed by atoms with van der Waals surface area (Å²) in [5, 5.41) is 21.2. The predicted molar refractivity (Wildman–Crippen MR) is 69.0 cm³/mol. The van der Waals surface area contributed by atoms with Gasteiger partial charge in [0, 0.05) is 12.1 Å². The lowest BCUT2D eigenvalue weighted by Gasteiger charge is -2.15. The standard InChI is InChI=1S/C13H21NO4/c1-3-14-7-10-6-12(17-2)4-5-13(10)18-9-11(16)8-15/h4-6,11,14-16H,3,7-9H2,1-2H3. The summed E-state index contributed by atoms with van der Waals surface area (Å²) in [5.74, 6) is 1.45. The van der Waals surface area contributed by atoms with E-state index in [2.05, 4.69) is 5.32 Å². The van der Waals surface area contributed by atoms with Crippen LogP contribution in [-0.4, -0.2) is 43.2 Å². The Labute approximate surface area is 107 Å². The topological polar surface area (TPSA) is 71.0 Å². The smallest absolute Gasteiger partial charge is 0.124 e. The van der Waals surface area contributed by atoms with Crippen LogP contribution in [0, 0.1) is 0 Å². The molecule has 3 N–H and O–H groups in total.